The summed E-state index contributed by atoms with van der Waals surface area (Å²) in [5.41, 5.74) is 4.30. The maximum atomic E-state index is 6.28. The quantitative estimate of drug-likeness (QED) is 0.700. The molecular weight excluding hydrogens is 373 g/mol. The number of para-hydroxylation sites is 1. The number of hydrogen-bond donors (Lipinski definition) is 0. The van der Waals surface area contributed by atoms with E-state index in [4.69, 9.17) is 14.0 Å². The topological polar surface area (TPSA) is 30.9 Å². The third-order valence-corrected chi connectivity index (χ3v) is 6.87. The smallest absolute Gasteiger partial charge is 0.489 e. The third-order valence-electron chi connectivity index (χ3n) is 6.87. The van der Waals surface area contributed by atoms with Gasteiger partial charge in [0.05, 0.1) is 11.2 Å². The number of benzene rings is 2. The first-order valence-electron chi connectivity index (χ1n) is 11.1. The molecule has 0 saturated carbocycles. The van der Waals surface area contributed by atoms with Crippen LogP contribution in [0.1, 0.15) is 57.7 Å². The first kappa shape index (κ1) is 21.4. The first-order chi connectivity index (χ1) is 14.2. The zero-order valence-electron chi connectivity index (χ0n) is 19.2. The SMILES string of the molecule is CC[C@@H]1CN(Cc2cc(B3OC(C)(C)C(C)(C)O3)ccc2C)Cc2ccccc2O1. The molecule has 1 fully saturated rings. The Morgan fingerprint density at radius 1 is 1.03 bits per heavy atom. The monoisotopic (exact) mass is 407 g/mol. The van der Waals surface area contributed by atoms with Crippen LogP contribution < -0.4 is 10.2 Å². The average molecular weight is 407 g/mol. The Kier molecular flexibility index (Phi) is 5.73. The summed E-state index contributed by atoms with van der Waals surface area (Å²) in [4.78, 5) is 2.50. The second-order valence-corrected chi connectivity index (χ2v) is 9.70. The highest BCUT2D eigenvalue weighted by Crippen LogP contribution is 2.36. The number of nitrogens with zero attached hydrogens (tertiary/aromatic N) is 1. The summed E-state index contributed by atoms with van der Waals surface area (Å²) >= 11 is 0. The molecule has 2 aliphatic rings. The maximum absolute atomic E-state index is 6.28. The van der Waals surface area contributed by atoms with Gasteiger partial charge in [-0.05, 0) is 63.7 Å². The fourth-order valence-corrected chi connectivity index (χ4v) is 4.12. The Balaban J connectivity index is 1.57. The van der Waals surface area contributed by atoms with Gasteiger partial charge in [0.15, 0.2) is 0 Å². The van der Waals surface area contributed by atoms with Crippen molar-refractivity contribution >= 4 is 12.6 Å². The van der Waals surface area contributed by atoms with Crippen LogP contribution in [-0.4, -0.2) is 35.9 Å². The van der Waals surface area contributed by atoms with Crippen molar-refractivity contribution in [2.24, 2.45) is 0 Å². The van der Waals surface area contributed by atoms with E-state index in [1.165, 1.54) is 16.7 Å². The van der Waals surface area contributed by atoms with Crippen molar-refractivity contribution < 1.29 is 14.0 Å². The minimum absolute atomic E-state index is 0.209. The molecule has 0 radical (unpaired) electrons. The fraction of sp³-hybridized carbons (Fsp3) is 0.520. The lowest BCUT2D eigenvalue weighted by Gasteiger charge is -2.32. The van der Waals surface area contributed by atoms with Gasteiger partial charge in [-0.15, -0.1) is 0 Å². The van der Waals surface area contributed by atoms with Gasteiger partial charge in [-0.1, -0.05) is 43.3 Å². The lowest BCUT2D eigenvalue weighted by Crippen LogP contribution is -2.41. The molecule has 0 bridgehead atoms. The van der Waals surface area contributed by atoms with Crippen LogP contribution in [-0.2, 0) is 22.4 Å². The van der Waals surface area contributed by atoms with E-state index < -0.39 is 0 Å². The molecule has 1 atom stereocenters. The number of rotatable bonds is 4. The summed E-state index contributed by atoms with van der Waals surface area (Å²) < 4.78 is 18.8. The van der Waals surface area contributed by atoms with Gasteiger partial charge >= 0.3 is 7.12 Å². The minimum atomic E-state index is -0.330. The summed E-state index contributed by atoms with van der Waals surface area (Å²) in [5, 5.41) is 0. The Morgan fingerprint density at radius 3 is 2.43 bits per heavy atom. The molecule has 2 aromatic rings. The second-order valence-electron chi connectivity index (χ2n) is 9.70. The van der Waals surface area contributed by atoms with Crippen LogP contribution in [0.5, 0.6) is 5.75 Å². The van der Waals surface area contributed by atoms with E-state index in [0.717, 1.165) is 37.3 Å². The van der Waals surface area contributed by atoms with Crippen molar-refractivity contribution in [1.82, 2.24) is 4.90 Å². The van der Waals surface area contributed by atoms with Gasteiger partial charge < -0.3 is 14.0 Å². The standard InChI is InChI=1S/C25H34BNO3/c1-7-22-17-27(15-19-10-8-9-11-23(19)28-22)16-20-14-21(13-12-18(20)2)26-29-24(3,4)25(5,6)30-26/h8-14,22H,7,15-17H2,1-6H3/t22-/m1/s1. The molecule has 0 aliphatic carbocycles. The summed E-state index contributed by atoms with van der Waals surface area (Å²) in [6, 6.07) is 15.0. The zero-order chi connectivity index (χ0) is 21.5. The van der Waals surface area contributed by atoms with Crippen molar-refractivity contribution in [2.45, 2.75) is 78.4 Å². The number of aryl methyl sites for hydroxylation is 1. The van der Waals surface area contributed by atoms with Gasteiger partial charge in [-0.25, -0.2) is 0 Å². The van der Waals surface area contributed by atoms with Gasteiger partial charge in [0.2, 0.25) is 0 Å². The summed E-state index contributed by atoms with van der Waals surface area (Å²) in [6.45, 7) is 15.5. The van der Waals surface area contributed by atoms with Gasteiger partial charge in [-0.2, -0.15) is 0 Å². The van der Waals surface area contributed by atoms with Crippen LogP contribution in [0.3, 0.4) is 0 Å². The Hall–Kier alpha value is -1.82. The summed E-state index contributed by atoms with van der Waals surface area (Å²) in [5.74, 6) is 1.02. The molecule has 0 spiro atoms. The lowest BCUT2D eigenvalue weighted by molar-refractivity contribution is 0.00578. The van der Waals surface area contributed by atoms with Crippen molar-refractivity contribution in [2.75, 3.05) is 6.54 Å². The lowest BCUT2D eigenvalue weighted by atomic mass is 9.77. The minimum Gasteiger partial charge on any atom is -0.489 e. The molecule has 4 rings (SSSR count). The molecule has 160 valence electrons. The molecule has 4 nitrogen and oxygen atoms in total. The largest absolute Gasteiger partial charge is 0.494 e. The summed E-state index contributed by atoms with van der Waals surface area (Å²) in [6.07, 6.45) is 1.21. The van der Waals surface area contributed by atoms with E-state index >= 15 is 0 Å². The van der Waals surface area contributed by atoms with E-state index in [1.807, 2.05) is 0 Å². The molecule has 2 heterocycles. The van der Waals surface area contributed by atoms with E-state index in [0.29, 0.717) is 0 Å². The third kappa shape index (κ3) is 4.16. The van der Waals surface area contributed by atoms with Gasteiger partial charge in [0.1, 0.15) is 11.9 Å². The van der Waals surface area contributed by atoms with Crippen LogP contribution in [0.2, 0.25) is 0 Å². The van der Waals surface area contributed by atoms with Crippen LogP contribution in [0, 0.1) is 6.92 Å². The fourth-order valence-electron chi connectivity index (χ4n) is 4.12. The van der Waals surface area contributed by atoms with E-state index in [1.54, 1.807) is 0 Å². The van der Waals surface area contributed by atoms with E-state index in [2.05, 4.69) is 88.9 Å². The van der Waals surface area contributed by atoms with Gasteiger partial charge in [0, 0.05) is 25.2 Å². The van der Waals surface area contributed by atoms with Crippen LogP contribution in [0.25, 0.3) is 0 Å². The molecule has 2 aromatic carbocycles. The van der Waals surface area contributed by atoms with Crippen molar-refractivity contribution in [3.05, 3.63) is 59.2 Å². The predicted octanol–water partition coefficient (Wildman–Crippen LogP) is 4.47. The molecule has 30 heavy (non-hydrogen) atoms. The molecule has 5 heteroatoms. The highest BCUT2D eigenvalue weighted by atomic mass is 16.7. The van der Waals surface area contributed by atoms with E-state index in [-0.39, 0.29) is 24.4 Å². The Morgan fingerprint density at radius 2 is 1.73 bits per heavy atom. The molecule has 0 amide bonds. The molecule has 1 saturated heterocycles. The Bertz CT molecular complexity index is 895. The molecule has 2 aliphatic heterocycles. The molecule has 0 N–H and O–H groups in total. The highest BCUT2D eigenvalue weighted by molar-refractivity contribution is 6.62. The number of hydrogen-bond acceptors (Lipinski definition) is 4. The predicted molar refractivity (Wildman–Crippen MR) is 122 cm³/mol. The second kappa shape index (κ2) is 8.03. The van der Waals surface area contributed by atoms with Crippen LogP contribution in [0.4, 0.5) is 0 Å². The normalized spacial score (nSPS) is 23.0. The highest BCUT2D eigenvalue weighted by Gasteiger charge is 2.51. The average Bonchev–Trinajstić information content (AvgIpc) is 2.82. The first-order valence-corrected chi connectivity index (χ1v) is 11.1. The van der Waals surface area contributed by atoms with Crippen molar-refractivity contribution in [3.63, 3.8) is 0 Å². The van der Waals surface area contributed by atoms with Crippen molar-refractivity contribution in [1.29, 1.82) is 0 Å². The van der Waals surface area contributed by atoms with Crippen LogP contribution in [0.15, 0.2) is 42.5 Å². The molecule has 0 unspecified atom stereocenters. The maximum Gasteiger partial charge on any atom is 0.494 e. The van der Waals surface area contributed by atoms with Crippen LogP contribution >= 0.6 is 0 Å². The van der Waals surface area contributed by atoms with Gasteiger partial charge in [-0.3, -0.25) is 4.90 Å². The van der Waals surface area contributed by atoms with E-state index in [9.17, 15) is 0 Å². The van der Waals surface area contributed by atoms with Gasteiger partial charge in [0.25, 0.3) is 0 Å². The van der Waals surface area contributed by atoms with Crippen molar-refractivity contribution in [3.8, 4) is 5.75 Å². The summed E-state index contributed by atoms with van der Waals surface area (Å²) in [7, 11) is -0.328. The molecule has 0 aromatic heterocycles. The number of fused-ring (bicyclic) bond motifs is 1. The zero-order valence-corrected chi connectivity index (χ0v) is 19.2. The molecular formula is C25H34BNO3. The Labute approximate surface area is 181 Å². The number of ether oxygens (including phenoxy) is 1.